The Balaban J connectivity index is 2.23. The van der Waals surface area contributed by atoms with Crippen molar-refractivity contribution in [1.82, 2.24) is 9.88 Å². The number of hydrogen-bond donors (Lipinski definition) is 1. The average molecular weight is 290 g/mol. The van der Waals surface area contributed by atoms with Crippen LogP contribution in [0.15, 0.2) is 42.7 Å². The lowest BCUT2D eigenvalue weighted by molar-refractivity contribution is 0.0753. The summed E-state index contributed by atoms with van der Waals surface area (Å²) in [6, 6.07) is 8.70. The minimum atomic E-state index is -0.121. The molecule has 0 saturated carbocycles. The molecule has 0 unspecified atom stereocenters. The molecule has 0 bridgehead atoms. The summed E-state index contributed by atoms with van der Waals surface area (Å²) in [5.74, 6) is -0.121. The molecule has 5 heteroatoms. The lowest BCUT2D eigenvalue weighted by Crippen LogP contribution is -2.30. The molecule has 2 aromatic rings. The number of aromatic nitrogens is 1. The van der Waals surface area contributed by atoms with E-state index in [0.717, 1.165) is 5.56 Å². The molecular weight excluding hydrogens is 274 g/mol. The van der Waals surface area contributed by atoms with Crippen LogP contribution in [0, 0.1) is 0 Å². The van der Waals surface area contributed by atoms with Gasteiger partial charge in [-0.25, -0.2) is 0 Å². The first-order valence-electron chi connectivity index (χ1n) is 6.35. The monoisotopic (exact) mass is 289 g/mol. The molecule has 4 nitrogen and oxygen atoms in total. The van der Waals surface area contributed by atoms with E-state index in [0.29, 0.717) is 29.4 Å². The van der Waals surface area contributed by atoms with Crippen LogP contribution in [0.25, 0.3) is 0 Å². The van der Waals surface area contributed by atoms with Crippen LogP contribution in [0.4, 0.5) is 5.69 Å². The van der Waals surface area contributed by atoms with Gasteiger partial charge in [-0.05, 0) is 42.8 Å². The van der Waals surface area contributed by atoms with E-state index < -0.39 is 0 Å². The van der Waals surface area contributed by atoms with Crippen LogP contribution in [0.5, 0.6) is 0 Å². The van der Waals surface area contributed by atoms with E-state index in [-0.39, 0.29) is 5.91 Å². The third-order valence-electron chi connectivity index (χ3n) is 3.04. The highest BCUT2D eigenvalue weighted by molar-refractivity contribution is 6.31. The van der Waals surface area contributed by atoms with Gasteiger partial charge < -0.3 is 10.6 Å². The van der Waals surface area contributed by atoms with Crippen molar-refractivity contribution in [2.75, 3.05) is 12.3 Å². The van der Waals surface area contributed by atoms with Gasteiger partial charge in [0.1, 0.15) is 0 Å². The molecule has 1 aromatic carbocycles. The van der Waals surface area contributed by atoms with E-state index in [1.807, 2.05) is 19.1 Å². The van der Waals surface area contributed by atoms with Crippen molar-refractivity contribution in [3.05, 3.63) is 58.9 Å². The van der Waals surface area contributed by atoms with Crippen molar-refractivity contribution in [2.45, 2.75) is 13.5 Å². The molecule has 1 heterocycles. The van der Waals surface area contributed by atoms with E-state index in [1.165, 1.54) is 0 Å². The highest BCUT2D eigenvalue weighted by Crippen LogP contribution is 2.20. The van der Waals surface area contributed by atoms with Gasteiger partial charge in [0.15, 0.2) is 0 Å². The zero-order valence-corrected chi connectivity index (χ0v) is 12.0. The molecule has 1 aromatic heterocycles. The first-order chi connectivity index (χ1) is 9.61. The molecule has 0 saturated heterocycles. The number of nitrogen functional groups attached to an aromatic ring is 1. The Hall–Kier alpha value is -2.07. The Morgan fingerprint density at radius 2 is 2.00 bits per heavy atom. The fourth-order valence-corrected chi connectivity index (χ4v) is 2.09. The number of halogens is 1. The predicted molar refractivity (Wildman–Crippen MR) is 80.5 cm³/mol. The molecule has 1 amide bonds. The fourth-order valence-electron chi connectivity index (χ4n) is 1.92. The number of nitrogens with two attached hydrogens (primary N) is 1. The third-order valence-corrected chi connectivity index (χ3v) is 3.27. The van der Waals surface area contributed by atoms with Crippen LogP contribution in [-0.4, -0.2) is 22.3 Å². The summed E-state index contributed by atoms with van der Waals surface area (Å²) < 4.78 is 0. The molecule has 0 aliphatic rings. The summed E-state index contributed by atoms with van der Waals surface area (Å²) >= 11 is 5.93. The molecule has 0 aliphatic carbocycles. The Labute approximate surface area is 123 Å². The number of rotatable bonds is 4. The van der Waals surface area contributed by atoms with Crippen molar-refractivity contribution in [1.29, 1.82) is 0 Å². The molecule has 0 radical (unpaired) electrons. The van der Waals surface area contributed by atoms with Crippen LogP contribution >= 0.6 is 11.6 Å². The number of amides is 1. The van der Waals surface area contributed by atoms with Gasteiger partial charge in [-0.15, -0.1) is 0 Å². The van der Waals surface area contributed by atoms with Crippen LogP contribution in [0.3, 0.4) is 0 Å². The molecule has 0 spiro atoms. The number of pyridine rings is 1. The third kappa shape index (κ3) is 3.27. The van der Waals surface area contributed by atoms with Crippen molar-refractivity contribution in [3.8, 4) is 0 Å². The highest BCUT2D eigenvalue weighted by atomic mass is 35.5. The van der Waals surface area contributed by atoms with Crippen LogP contribution < -0.4 is 5.73 Å². The van der Waals surface area contributed by atoms with Gasteiger partial charge in [0, 0.05) is 36.2 Å². The van der Waals surface area contributed by atoms with Gasteiger partial charge in [-0.3, -0.25) is 9.78 Å². The molecule has 0 fully saturated rings. The average Bonchev–Trinajstić information content (AvgIpc) is 2.47. The maximum atomic E-state index is 12.5. The van der Waals surface area contributed by atoms with Crippen molar-refractivity contribution >= 4 is 23.2 Å². The Kier molecular flexibility index (Phi) is 4.58. The number of hydrogen-bond acceptors (Lipinski definition) is 3. The molecule has 2 rings (SSSR count). The maximum absolute atomic E-state index is 12.5. The lowest BCUT2D eigenvalue weighted by Gasteiger charge is -2.22. The van der Waals surface area contributed by atoms with E-state index in [2.05, 4.69) is 4.98 Å². The smallest absolute Gasteiger partial charge is 0.256 e. The number of anilines is 1. The van der Waals surface area contributed by atoms with Crippen molar-refractivity contribution in [3.63, 3.8) is 0 Å². The highest BCUT2D eigenvalue weighted by Gasteiger charge is 2.17. The summed E-state index contributed by atoms with van der Waals surface area (Å²) in [6.07, 6.45) is 3.42. The van der Waals surface area contributed by atoms with Crippen molar-refractivity contribution < 1.29 is 4.79 Å². The first-order valence-corrected chi connectivity index (χ1v) is 6.72. The summed E-state index contributed by atoms with van der Waals surface area (Å²) in [6.45, 7) is 3.04. The summed E-state index contributed by atoms with van der Waals surface area (Å²) in [5, 5.41) is 0.502. The Morgan fingerprint density at radius 3 is 2.65 bits per heavy atom. The van der Waals surface area contributed by atoms with Gasteiger partial charge >= 0.3 is 0 Å². The summed E-state index contributed by atoms with van der Waals surface area (Å²) in [4.78, 5) is 18.2. The van der Waals surface area contributed by atoms with Crippen LogP contribution in [0.2, 0.25) is 5.02 Å². The SMILES string of the molecule is CCN(Cc1ccncc1)C(=O)c1cc(Cl)ccc1N. The second-order valence-electron chi connectivity index (χ2n) is 4.41. The van der Waals surface area contributed by atoms with Gasteiger partial charge in [0.05, 0.1) is 5.56 Å². The van der Waals surface area contributed by atoms with E-state index in [1.54, 1.807) is 35.5 Å². The van der Waals surface area contributed by atoms with Gasteiger partial charge in [-0.2, -0.15) is 0 Å². The zero-order chi connectivity index (χ0) is 14.5. The second-order valence-corrected chi connectivity index (χ2v) is 4.84. The molecule has 0 atom stereocenters. The predicted octanol–water partition coefficient (Wildman–Crippen LogP) is 2.98. The molecular formula is C15H16ClN3O. The Bertz CT molecular complexity index is 601. The summed E-state index contributed by atoms with van der Waals surface area (Å²) in [5.41, 5.74) is 7.76. The number of carbonyl (C=O) groups excluding carboxylic acids is 1. The standard InChI is InChI=1S/C15H16ClN3O/c1-2-19(10-11-5-7-18-8-6-11)15(20)13-9-12(16)3-4-14(13)17/h3-9H,2,10,17H2,1H3. The van der Waals surface area contributed by atoms with Crippen LogP contribution in [0.1, 0.15) is 22.8 Å². The largest absolute Gasteiger partial charge is 0.398 e. The molecule has 2 N–H and O–H groups in total. The minimum Gasteiger partial charge on any atom is -0.398 e. The van der Waals surface area contributed by atoms with Gasteiger partial charge in [0.25, 0.3) is 5.91 Å². The lowest BCUT2D eigenvalue weighted by atomic mass is 10.1. The zero-order valence-electron chi connectivity index (χ0n) is 11.2. The van der Waals surface area contributed by atoms with E-state index in [4.69, 9.17) is 17.3 Å². The number of nitrogens with zero attached hydrogens (tertiary/aromatic N) is 2. The van der Waals surface area contributed by atoms with Gasteiger partial charge in [0.2, 0.25) is 0 Å². The van der Waals surface area contributed by atoms with Crippen LogP contribution in [-0.2, 0) is 6.54 Å². The topological polar surface area (TPSA) is 59.2 Å². The first kappa shape index (κ1) is 14.3. The quantitative estimate of drug-likeness (QED) is 0.880. The van der Waals surface area contributed by atoms with Crippen molar-refractivity contribution in [2.24, 2.45) is 0 Å². The maximum Gasteiger partial charge on any atom is 0.256 e. The number of benzene rings is 1. The molecule has 20 heavy (non-hydrogen) atoms. The Morgan fingerprint density at radius 1 is 1.30 bits per heavy atom. The number of carbonyl (C=O) groups is 1. The molecule has 104 valence electrons. The normalized spacial score (nSPS) is 10.3. The van der Waals surface area contributed by atoms with E-state index >= 15 is 0 Å². The second kappa shape index (κ2) is 6.39. The minimum absolute atomic E-state index is 0.121. The summed E-state index contributed by atoms with van der Waals surface area (Å²) in [7, 11) is 0. The molecule has 0 aliphatic heterocycles. The van der Waals surface area contributed by atoms with E-state index in [9.17, 15) is 4.79 Å². The van der Waals surface area contributed by atoms with Gasteiger partial charge in [-0.1, -0.05) is 11.6 Å². The fraction of sp³-hybridized carbons (Fsp3) is 0.200.